The molecule has 0 spiro atoms. The van der Waals surface area contributed by atoms with Crippen LogP contribution in [-0.2, 0) is 0 Å². The fourth-order valence-corrected chi connectivity index (χ4v) is 3.64. The molecule has 2 heterocycles. The average Bonchev–Trinajstić information content (AvgIpc) is 3.14. The van der Waals surface area contributed by atoms with Crippen LogP contribution < -0.4 is 10.2 Å². The van der Waals surface area contributed by atoms with Crippen LogP contribution in [0.4, 0.5) is 5.82 Å². The Morgan fingerprint density at radius 2 is 1.85 bits per heavy atom. The monoisotopic (exact) mass is 360 g/mol. The SMILES string of the molecule is COc1ccccc1C=NNc1ncnc2scc(-c3ccccc3)c12. The van der Waals surface area contributed by atoms with Crippen molar-refractivity contribution in [1.82, 2.24) is 9.97 Å². The summed E-state index contributed by atoms with van der Waals surface area (Å²) in [5.74, 6) is 1.45. The van der Waals surface area contributed by atoms with Crippen molar-refractivity contribution in [3.63, 3.8) is 0 Å². The van der Waals surface area contributed by atoms with Crippen molar-refractivity contribution >= 4 is 33.6 Å². The number of aromatic nitrogens is 2. The van der Waals surface area contributed by atoms with Crippen molar-refractivity contribution in [1.29, 1.82) is 0 Å². The third-order valence-electron chi connectivity index (χ3n) is 3.97. The number of ether oxygens (including phenoxy) is 1. The van der Waals surface area contributed by atoms with Crippen LogP contribution in [0.15, 0.2) is 71.4 Å². The highest BCUT2D eigenvalue weighted by molar-refractivity contribution is 7.17. The number of para-hydroxylation sites is 1. The molecule has 0 fully saturated rings. The summed E-state index contributed by atoms with van der Waals surface area (Å²) in [6.07, 6.45) is 3.27. The van der Waals surface area contributed by atoms with E-state index in [1.165, 1.54) is 0 Å². The second-order valence-corrected chi connectivity index (χ2v) is 6.39. The Hall–Kier alpha value is -3.25. The van der Waals surface area contributed by atoms with Crippen molar-refractivity contribution < 1.29 is 4.74 Å². The van der Waals surface area contributed by atoms with Gasteiger partial charge in [-0.15, -0.1) is 11.3 Å². The number of hydrogen-bond donors (Lipinski definition) is 1. The van der Waals surface area contributed by atoms with Crippen LogP contribution in [0.5, 0.6) is 5.75 Å². The predicted molar refractivity (Wildman–Crippen MR) is 107 cm³/mol. The molecule has 4 aromatic rings. The van der Waals surface area contributed by atoms with Gasteiger partial charge in [0.25, 0.3) is 0 Å². The lowest BCUT2D eigenvalue weighted by atomic mass is 10.1. The molecule has 0 saturated heterocycles. The maximum absolute atomic E-state index is 5.34. The van der Waals surface area contributed by atoms with Crippen LogP contribution in [0, 0.1) is 0 Å². The first-order chi connectivity index (χ1) is 12.9. The summed E-state index contributed by atoms with van der Waals surface area (Å²) in [4.78, 5) is 9.68. The van der Waals surface area contributed by atoms with E-state index in [1.807, 2.05) is 42.5 Å². The minimum Gasteiger partial charge on any atom is -0.496 e. The van der Waals surface area contributed by atoms with Gasteiger partial charge in [0.15, 0.2) is 5.82 Å². The fourth-order valence-electron chi connectivity index (χ4n) is 2.73. The van der Waals surface area contributed by atoms with Crippen LogP contribution >= 0.6 is 11.3 Å². The molecule has 0 saturated carbocycles. The lowest BCUT2D eigenvalue weighted by molar-refractivity contribution is 0.414. The van der Waals surface area contributed by atoms with Crippen LogP contribution in [0.1, 0.15) is 5.56 Å². The highest BCUT2D eigenvalue weighted by Crippen LogP contribution is 2.36. The van der Waals surface area contributed by atoms with Gasteiger partial charge in [-0.2, -0.15) is 5.10 Å². The minimum absolute atomic E-state index is 0.682. The number of rotatable bonds is 5. The van der Waals surface area contributed by atoms with Crippen molar-refractivity contribution in [2.45, 2.75) is 0 Å². The predicted octanol–water partition coefficient (Wildman–Crippen LogP) is 4.81. The first-order valence-electron chi connectivity index (χ1n) is 8.06. The van der Waals surface area contributed by atoms with Gasteiger partial charge < -0.3 is 4.74 Å². The van der Waals surface area contributed by atoms with Gasteiger partial charge in [0, 0.05) is 16.5 Å². The van der Waals surface area contributed by atoms with E-state index >= 15 is 0 Å². The third kappa shape index (κ3) is 3.14. The first kappa shape index (κ1) is 16.2. The number of fused-ring (bicyclic) bond motifs is 1. The molecule has 128 valence electrons. The van der Waals surface area contributed by atoms with Gasteiger partial charge in [0.05, 0.1) is 18.7 Å². The molecule has 5 nitrogen and oxygen atoms in total. The molecule has 0 aliphatic rings. The molecular formula is C20H16N4OS. The fraction of sp³-hybridized carbons (Fsp3) is 0.0500. The van der Waals surface area contributed by atoms with Gasteiger partial charge in [0.1, 0.15) is 16.9 Å². The second-order valence-electron chi connectivity index (χ2n) is 5.53. The largest absolute Gasteiger partial charge is 0.496 e. The summed E-state index contributed by atoms with van der Waals surface area (Å²) in [5.41, 5.74) is 6.17. The van der Waals surface area contributed by atoms with Crippen molar-refractivity contribution in [2.24, 2.45) is 5.10 Å². The minimum atomic E-state index is 0.682. The van der Waals surface area contributed by atoms with E-state index in [4.69, 9.17) is 4.74 Å². The van der Waals surface area contributed by atoms with Crippen LogP contribution in [-0.4, -0.2) is 23.3 Å². The molecule has 26 heavy (non-hydrogen) atoms. The standard InChI is InChI=1S/C20H16N4OS/c1-25-17-10-6-5-9-15(17)11-23-24-19-18-16(14-7-3-2-4-8-14)12-26-20(18)22-13-21-19/h2-13H,1H3,(H,21,22,24). The maximum atomic E-state index is 5.34. The maximum Gasteiger partial charge on any atom is 0.159 e. The zero-order valence-electron chi connectivity index (χ0n) is 14.1. The summed E-state index contributed by atoms with van der Waals surface area (Å²) in [7, 11) is 1.64. The Bertz CT molecular complexity index is 1060. The van der Waals surface area contributed by atoms with Gasteiger partial charge in [-0.05, 0) is 17.7 Å². The Balaban J connectivity index is 1.69. The van der Waals surface area contributed by atoms with Crippen molar-refractivity contribution in [3.8, 4) is 16.9 Å². The van der Waals surface area contributed by atoms with Gasteiger partial charge >= 0.3 is 0 Å². The Labute approximate surface area is 155 Å². The molecule has 0 amide bonds. The first-order valence-corrected chi connectivity index (χ1v) is 8.94. The van der Waals surface area contributed by atoms with E-state index in [-0.39, 0.29) is 0 Å². The number of anilines is 1. The molecule has 2 aromatic carbocycles. The molecule has 1 N–H and O–H groups in total. The lowest BCUT2D eigenvalue weighted by Crippen LogP contribution is -1.96. The number of hydrogen-bond acceptors (Lipinski definition) is 6. The number of nitrogens with one attached hydrogen (secondary N) is 1. The lowest BCUT2D eigenvalue weighted by Gasteiger charge is -2.05. The number of hydrazone groups is 1. The van der Waals surface area contributed by atoms with Gasteiger partial charge in [-0.25, -0.2) is 9.97 Å². The summed E-state index contributed by atoms with van der Waals surface area (Å²) in [6.45, 7) is 0. The molecule has 2 aromatic heterocycles. The third-order valence-corrected chi connectivity index (χ3v) is 4.85. The molecule has 0 bridgehead atoms. The topological polar surface area (TPSA) is 59.4 Å². The van der Waals surface area contributed by atoms with E-state index in [1.54, 1.807) is 31.0 Å². The molecular weight excluding hydrogens is 344 g/mol. The Morgan fingerprint density at radius 1 is 1.04 bits per heavy atom. The smallest absolute Gasteiger partial charge is 0.159 e. The summed E-state index contributed by atoms with van der Waals surface area (Å²) >= 11 is 1.60. The van der Waals surface area contributed by atoms with Gasteiger partial charge in [0.2, 0.25) is 0 Å². The van der Waals surface area contributed by atoms with Crippen LogP contribution in [0.2, 0.25) is 0 Å². The van der Waals surface area contributed by atoms with Crippen molar-refractivity contribution in [3.05, 3.63) is 71.9 Å². The summed E-state index contributed by atoms with van der Waals surface area (Å²) < 4.78 is 5.34. The van der Waals surface area contributed by atoms with E-state index in [0.29, 0.717) is 5.82 Å². The molecule has 0 radical (unpaired) electrons. The summed E-state index contributed by atoms with van der Waals surface area (Å²) in [5, 5.41) is 7.42. The zero-order chi connectivity index (χ0) is 17.8. The second kappa shape index (κ2) is 7.33. The number of methoxy groups -OCH3 is 1. The Morgan fingerprint density at radius 3 is 2.69 bits per heavy atom. The van der Waals surface area contributed by atoms with E-state index in [0.717, 1.165) is 32.7 Å². The van der Waals surface area contributed by atoms with E-state index in [9.17, 15) is 0 Å². The van der Waals surface area contributed by atoms with E-state index in [2.05, 4.69) is 38.0 Å². The number of benzene rings is 2. The molecule has 0 atom stereocenters. The zero-order valence-corrected chi connectivity index (χ0v) is 14.9. The molecule has 6 heteroatoms. The number of thiophene rings is 1. The molecule has 0 aliphatic heterocycles. The van der Waals surface area contributed by atoms with E-state index < -0.39 is 0 Å². The number of nitrogens with zero attached hydrogens (tertiary/aromatic N) is 3. The van der Waals surface area contributed by atoms with Crippen LogP contribution in [0.3, 0.4) is 0 Å². The highest BCUT2D eigenvalue weighted by atomic mass is 32.1. The molecule has 0 unspecified atom stereocenters. The van der Waals surface area contributed by atoms with Gasteiger partial charge in [-0.3, -0.25) is 5.43 Å². The molecule has 4 rings (SSSR count). The Kier molecular flexibility index (Phi) is 4.57. The quantitative estimate of drug-likeness (QED) is 0.410. The van der Waals surface area contributed by atoms with Crippen LogP contribution in [0.25, 0.3) is 21.3 Å². The summed E-state index contributed by atoms with van der Waals surface area (Å²) in [6, 6.07) is 17.9. The normalized spacial score (nSPS) is 11.1. The van der Waals surface area contributed by atoms with Gasteiger partial charge in [-0.1, -0.05) is 42.5 Å². The average molecular weight is 360 g/mol. The highest BCUT2D eigenvalue weighted by Gasteiger charge is 2.12. The molecule has 0 aliphatic carbocycles. The van der Waals surface area contributed by atoms with Crippen molar-refractivity contribution in [2.75, 3.05) is 12.5 Å².